The number of rotatable bonds is 3. The van der Waals surface area contributed by atoms with Gasteiger partial charge < -0.3 is 4.74 Å². The molecule has 2 aliphatic carbocycles. The summed E-state index contributed by atoms with van der Waals surface area (Å²) in [5.74, 6) is -1.85. The van der Waals surface area contributed by atoms with Crippen molar-refractivity contribution in [2.45, 2.75) is 13.3 Å². The van der Waals surface area contributed by atoms with E-state index >= 15 is 0 Å². The fourth-order valence-corrected chi connectivity index (χ4v) is 7.86. The number of aryl methyl sites for hydroxylation is 1. The third kappa shape index (κ3) is 4.93. The third-order valence-electron chi connectivity index (χ3n) is 8.38. The molecule has 0 fully saturated rings. The second-order valence-electron chi connectivity index (χ2n) is 11.1. The Kier molecular flexibility index (Phi) is 7.18. The van der Waals surface area contributed by atoms with Crippen LogP contribution in [-0.2, 0) is 0 Å². The summed E-state index contributed by atoms with van der Waals surface area (Å²) >= 11 is 1.18. The van der Waals surface area contributed by atoms with Gasteiger partial charge in [0.1, 0.15) is 17.4 Å². The molecule has 49 heavy (non-hydrogen) atoms. The molecule has 0 radical (unpaired) electrons. The minimum atomic E-state index is -5.05. The molecule has 0 bridgehead atoms. The minimum absolute atomic E-state index is 0.153. The van der Waals surface area contributed by atoms with Gasteiger partial charge in [0.15, 0.2) is 0 Å². The molecule has 1 heterocycles. The van der Waals surface area contributed by atoms with Gasteiger partial charge in [-0.15, -0.1) is 24.5 Å². The van der Waals surface area contributed by atoms with Crippen LogP contribution >= 0.6 is 11.3 Å². The van der Waals surface area contributed by atoms with Crippen LogP contribution in [0.25, 0.3) is 65.3 Å². The number of thiophene rings is 1. The lowest BCUT2D eigenvalue weighted by molar-refractivity contribution is -0.274. The van der Waals surface area contributed by atoms with Crippen LogP contribution in [0, 0.1) is 54.4 Å². The Labute approximate surface area is 279 Å². The van der Waals surface area contributed by atoms with Crippen LogP contribution in [0.2, 0.25) is 0 Å². The summed E-state index contributed by atoms with van der Waals surface area (Å²) in [5, 5.41) is 20.0. The van der Waals surface area contributed by atoms with Gasteiger partial charge in [-0.1, -0.05) is 30.3 Å². The van der Waals surface area contributed by atoms with Crippen molar-refractivity contribution in [2.24, 2.45) is 0 Å². The quantitative estimate of drug-likeness (QED) is 0.107. The predicted octanol–water partition coefficient (Wildman–Crippen LogP) is 10.9. The van der Waals surface area contributed by atoms with Crippen molar-refractivity contribution in [3.05, 3.63) is 145 Å². The molecule has 0 atom stereocenters. The molecule has 0 aliphatic heterocycles. The van der Waals surface area contributed by atoms with E-state index in [0.717, 1.165) is 23.8 Å². The van der Waals surface area contributed by atoms with Gasteiger partial charge in [-0.25, -0.2) is 29.0 Å². The van der Waals surface area contributed by atoms with Crippen LogP contribution < -0.4 is 4.74 Å². The van der Waals surface area contributed by atoms with E-state index in [1.807, 2.05) is 31.2 Å². The van der Waals surface area contributed by atoms with Crippen molar-refractivity contribution in [1.82, 2.24) is 0 Å². The maximum absolute atomic E-state index is 14.4. The Hall–Kier alpha value is -6.53. The molecule has 234 valence electrons. The smallest absolute Gasteiger partial charge is 0.405 e. The van der Waals surface area contributed by atoms with E-state index in [2.05, 4.69) is 14.4 Å². The second-order valence-corrected chi connectivity index (χ2v) is 12.1. The first-order valence-corrected chi connectivity index (χ1v) is 15.1. The number of alkyl halides is 3. The Morgan fingerprint density at radius 1 is 0.673 bits per heavy atom. The molecule has 4 aromatic carbocycles. The molecule has 0 N–H and O–H groups in total. The predicted molar refractivity (Wildman–Crippen MR) is 174 cm³/mol. The first-order chi connectivity index (χ1) is 23.5. The van der Waals surface area contributed by atoms with Crippen molar-refractivity contribution in [1.29, 1.82) is 10.5 Å². The Morgan fingerprint density at radius 2 is 1.16 bits per heavy atom. The molecule has 2 aliphatic rings. The normalized spacial score (nSPS) is 14.3. The van der Waals surface area contributed by atoms with E-state index in [4.69, 9.17) is 13.1 Å². The number of hydrogen-bond donors (Lipinski definition) is 0. The highest BCUT2D eigenvalue weighted by Gasteiger charge is 2.40. The maximum Gasteiger partial charge on any atom is 0.573 e. The van der Waals surface area contributed by atoms with E-state index < -0.39 is 23.7 Å². The fourth-order valence-electron chi connectivity index (χ4n) is 6.41. The molecular formula is C38H15F5N4OS. The summed E-state index contributed by atoms with van der Waals surface area (Å²) in [6.45, 7) is 17.4. The zero-order chi connectivity index (χ0) is 34.8. The van der Waals surface area contributed by atoms with Crippen LogP contribution in [0.3, 0.4) is 0 Å². The Bertz CT molecular complexity index is 2520. The lowest BCUT2D eigenvalue weighted by Gasteiger charge is -2.15. The molecule has 0 saturated heterocycles. The van der Waals surface area contributed by atoms with Gasteiger partial charge in [0.05, 0.1) is 25.3 Å². The average Bonchev–Trinajstić information content (AvgIpc) is 3.69. The Balaban J connectivity index is 1.50. The topological polar surface area (TPSA) is 65.5 Å². The summed E-state index contributed by atoms with van der Waals surface area (Å²) in [6.07, 6.45) is -5.05. The zero-order valence-corrected chi connectivity index (χ0v) is 25.7. The molecule has 0 saturated carbocycles. The largest absolute Gasteiger partial charge is 0.573 e. The molecule has 7 rings (SSSR count). The molecule has 1 aromatic heterocycles. The summed E-state index contributed by atoms with van der Waals surface area (Å²) in [7, 11) is 0. The summed E-state index contributed by atoms with van der Waals surface area (Å²) in [6, 6.07) is 21.0. The van der Waals surface area contributed by atoms with Gasteiger partial charge in [0.25, 0.3) is 11.4 Å². The van der Waals surface area contributed by atoms with Gasteiger partial charge in [0, 0.05) is 37.6 Å². The van der Waals surface area contributed by atoms with Crippen LogP contribution in [0.4, 0.5) is 22.0 Å². The summed E-state index contributed by atoms with van der Waals surface area (Å²) < 4.78 is 72.6. The lowest BCUT2D eigenvalue weighted by atomic mass is 9.93. The summed E-state index contributed by atoms with van der Waals surface area (Å²) in [5.41, 5.74) is 5.65. The van der Waals surface area contributed by atoms with E-state index in [-0.39, 0.29) is 28.1 Å². The second kappa shape index (κ2) is 11.3. The van der Waals surface area contributed by atoms with Crippen LogP contribution in [0.5, 0.6) is 5.75 Å². The van der Waals surface area contributed by atoms with E-state index in [1.54, 1.807) is 18.2 Å². The minimum Gasteiger partial charge on any atom is -0.405 e. The molecule has 0 spiro atoms. The average molecular weight is 671 g/mol. The highest BCUT2D eigenvalue weighted by atomic mass is 32.1. The van der Waals surface area contributed by atoms with Crippen molar-refractivity contribution in [3.8, 4) is 62.4 Å². The number of allylic oxidation sites excluding steroid dienone is 2. The molecular weight excluding hydrogens is 656 g/mol. The van der Waals surface area contributed by atoms with E-state index in [9.17, 15) is 32.5 Å². The highest BCUT2D eigenvalue weighted by molar-refractivity contribution is 7.16. The van der Waals surface area contributed by atoms with E-state index in [0.29, 0.717) is 59.8 Å². The Morgan fingerprint density at radius 3 is 1.65 bits per heavy atom. The first-order valence-electron chi connectivity index (χ1n) is 14.3. The van der Waals surface area contributed by atoms with Crippen LogP contribution in [0.1, 0.15) is 26.4 Å². The molecule has 11 heteroatoms. The zero-order valence-electron chi connectivity index (χ0n) is 24.9. The van der Waals surface area contributed by atoms with Crippen LogP contribution in [0.15, 0.2) is 84.2 Å². The maximum atomic E-state index is 14.4. The van der Waals surface area contributed by atoms with Crippen LogP contribution in [-0.4, -0.2) is 6.36 Å². The lowest BCUT2D eigenvalue weighted by Crippen LogP contribution is -2.17. The number of fused-ring (bicyclic) bond motifs is 7. The molecule has 0 unspecified atom stereocenters. The van der Waals surface area contributed by atoms with Gasteiger partial charge in [-0.3, -0.25) is 0 Å². The number of halogens is 5. The summed E-state index contributed by atoms with van der Waals surface area (Å²) in [4.78, 5) is 8.02. The molecule has 5 aromatic rings. The van der Waals surface area contributed by atoms with Crippen molar-refractivity contribution < 1.29 is 26.7 Å². The molecule has 5 nitrogen and oxygen atoms in total. The SMILES string of the molecule is [C-]#[N+]/C(C#N)=C1/c2cc(-c3cc(F)ccc3C)ccc2-c2c1sc1c2-c2ccc(-c3cc(F)ccc3OC(F)(F)F)cc2/C1=C(/C#N)[N+]#[C-]. The fraction of sp³-hybridized carbons (Fsp3) is 0.0526. The van der Waals surface area contributed by atoms with Gasteiger partial charge >= 0.3 is 6.36 Å². The number of nitrogens with zero attached hydrogens (tertiary/aromatic N) is 4. The van der Waals surface area contributed by atoms with Crippen molar-refractivity contribution >= 4 is 22.5 Å². The highest BCUT2D eigenvalue weighted by Crippen LogP contribution is 2.62. The van der Waals surface area contributed by atoms with Crippen molar-refractivity contribution in [2.75, 3.05) is 0 Å². The number of hydrogen-bond acceptors (Lipinski definition) is 4. The monoisotopic (exact) mass is 670 g/mol. The van der Waals surface area contributed by atoms with Gasteiger partial charge in [-0.2, -0.15) is 0 Å². The number of nitriles is 2. The molecule has 0 amide bonds. The third-order valence-corrected chi connectivity index (χ3v) is 9.60. The van der Waals surface area contributed by atoms with Gasteiger partial charge in [0.2, 0.25) is 0 Å². The van der Waals surface area contributed by atoms with Gasteiger partial charge in [-0.05, 0) is 93.9 Å². The first kappa shape index (κ1) is 31.1. The number of ether oxygens (including phenoxy) is 1. The standard InChI is InChI=1S/C38H15F5N4OS/c1-18-4-7-21(39)14-25(18)19-5-9-23-27(12-19)32(29(16-44)46-2)36-34(23)35-24-10-6-20(13-28(24)33(37(35)49-36)30(17-45)47-3)26-15-22(40)8-11-31(26)48-38(41,42)43/h4-15H,1H3/b32-29-,33-30+. The van der Waals surface area contributed by atoms with Crippen molar-refractivity contribution in [3.63, 3.8) is 0 Å². The number of benzene rings is 4. The van der Waals surface area contributed by atoms with E-state index in [1.165, 1.54) is 35.6 Å².